The Morgan fingerprint density at radius 2 is 1.77 bits per heavy atom. The van der Waals surface area contributed by atoms with Gasteiger partial charge in [-0.1, -0.05) is 18.2 Å². The lowest BCUT2D eigenvalue weighted by Crippen LogP contribution is -2.56. The number of hydrogen-bond donors (Lipinski definition) is 1. The van der Waals surface area contributed by atoms with Crippen LogP contribution in [0.2, 0.25) is 0 Å². The van der Waals surface area contributed by atoms with E-state index in [4.69, 9.17) is 9.47 Å². The van der Waals surface area contributed by atoms with Crippen LogP contribution in [0.4, 0.5) is 0 Å². The topological polar surface area (TPSA) is 67.9 Å². The van der Waals surface area contributed by atoms with Crippen molar-refractivity contribution < 1.29 is 19.1 Å². The van der Waals surface area contributed by atoms with Crippen LogP contribution in [0.25, 0.3) is 0 Å². The van der Waals surface area contributed by atoms with Crippen molar-refractivity contribution in [2.24, 2.45) is 0 Å². The first kappa shape index (κ1) is 21.7. The average Bonchev–Trinajstić information content (AvgIpc) is 3.00. The molecular formula is C24H30N2O4. The summed E-state index contributed by atoms with van der Waals surface area (Å²) < 4.78 is 11.4. The second kappa shape index (κ2) is 7.67. The van der Waals surface area contributed by atoms with E-state index in [0.717, 1.165) is 16.9 Å². The maximum absolute atomic E-state index is 13.3. The predicted molar refractivity (Wildman–Crippen MR) is 116 cm³/mol. The second-order valence-electron chi connectivity index (χ2n) is 9.23. The highest BCUT2D eigenvalue weighted by Gasteiger charge is 2.36. The Bertz CT molecular complexity index is 989. The van der Waals surface area contributed by atoms with Crippen molar-refractivity contribution in [1.82, 2.24) is 10.4 Å². The van der Waals surface area contributed by atoms with Gasteiger partial charge in [-0.05, 0) is 65.3 Å². The maximum Gasteiger partial charge on any atom is 0.276 e. The summed E-state index contributed by atoms with van der Waals surface area (Å²) >= 11 is 0. The largest absolute Gasteiger partial charge is 0.496 e. The molecule has 0 aromatic heterocycles. The van der Waals surface area contributed by atoms with Gasteiger partial charge in [-0.3, -0.25) is 15.0 Å². The normalized spacial score (nSPS) is 14.5. The van der Waals surface area contributed by atoms with Crippen molar-refractivity contribution >= 4 is 11.8 Å². The minimum Gasteiger partial charge on any atom is -0.496 e. The standard InChI is InChI=1S/C24H30N2O4/c1-15-12-13-16(18-14-24(5,6)30-20(15)18)21(27)25-26(23(2,3)4)22(28)17-10-8-9-11-19(17)29-7/h8-13H,14H2,1-7H3,(H,25,27). The maximum atomic E-state index is 13.3. The van der Waals surface area contributed by atoms with Crippen molar-refractivity contribution in [3.8, 4) is 11.5 Å². The van der Waals surface area contributed by atoms with Crippen LogP contribution < -0.4 is 14.9 Å². The zero-order valence-electron chi connectivity index (χ0n) is 18.8. The Kier molecular flexibility index (Phi) is 5.54. The van der Waals surface area contributed by atoms with Crippen molar-refractivity contribution in [2.75, 3.05) is 7.11 Å². The molecular weight excluding hydrogens is 380 g/mol. The first-order valence-electron chi connectivity index (χ1n) is 10.0. The number of nitrogens with one attached hydrogen (secondary N) is 1. The number of amides is 2. The zero-order valence-corrected chi connectivity index (χ0v) is 18.8. The van der Waals surface area contributed by atoms with E-state index in [1.807, 2.05) is 47.6 Å². The third-order valence-electron chi connectivity index (χ3n) is 5.11. The SMILES string of the molecule is COc1ccccc1C(=O)N(NC(=O)c1ccc(C)c2c1CC(C)(C)O2)C(C)(C)C. The lowest BCUT2D eigenvalue weighted by atomic mass is 9.95. The molecule has 1 N–H and O–H groups in total. The second-order valence-corrected chi connectivity index (χ2v) is 9.23. The Hall–Kier alpha value is -3.02. The molecule has 0 fully saturated rings. The molecule has 3 rings (SSSR count). The van der Waals surface area contributed by atoms with Gasteiger partial charge >= 0.3 is 0 Å². The molecule has 6 heteroatoms. The molecule has 2 aromatic carbocycles. The number of methoxy groups -OCH3 is 1. The molecule has 0 spiro atoms. The Morgan fingerprint density at radius 1 is 1.10 bits per heavy atom. The average molecular weight is 411 g/mol. The van der Waals surface area contributed by atoms with Gasteiger partial charge in [0.2, 0.25) is 0 Å². The van der Waals surface area contributed by atoms with E-state index < -0.39 is 5.54 Å². The monoisotopic (exact) mass is 410 g/mol. The number of carbonyl (C=O) groups is 2. The van der Waals surface area contributed by atoms with Crippen LogP contribution in [0.15, 0.2) is 36.4 Å². The summed E-state index contributed by atoms with van der Waals surface area (Å²) in [6.07, 6.45) is 0.628. The van der Waals surface area contributed by atoms with Gasteiger partial charge in [0, 0.05) is 17.5 Å². The van der Waals surface area contributed by atoms with Gasteiger partial charge in [-0.2, -0.15) is 0 Å². The number of fused-ring (bicyclic) bond motifs is 1. The molecule has 2 amide bonds. The molecule has 1 heterocycles. The van der Waals surface area contributed by atoms with E-state index in [1.165, 1.54) is 12.1 Å². The highest BCUT2D eigenvalue weighted by atomic mass is 16.5. The number of rotatable bonds is 3. The predicted octanol–water partition coefficient (Wildman–Crippen LogP) is 4.30. The van der Waals surface area contributed by atoms with E-state index >= 15 is 0 Å². The van der Waals surface area contributed by atoms with Crippen LogP contribution in [0, 0.1) is 6.92 Å². The number of aryl methyl sites for hydroxylation is 1. The van der Waals surface area contributed by atoms with Crippen molar-refractivity contribution in [2.45, 2.75) is 59.1 Å². The van der Waals surface area contributed by atoms with Crippen LogP contribution >= 0.6 is 0 Å². The third-order valence-corrected chi connectivity index (χ3v) is 5.11. The van der Waals surface area contributed by atoms with Crippen molar-refractivity contribution in [3.05, 3.63) is 58.7 Å². The lowest BCUT2D eigenvalue weighted by Gasteiger charge is -2.36. The number of ether oxygens (including phenoxy) is 2. The Balaban J connectivity index is 1.96. The van der Waals surface area contributed by atoms with Crippen LogP contribution in [-0.4, -0.2) is 35.1 Å². The summed E-state index contributed by atoms with van der Waals surface area (Å²) in [5.41, 5.74) is 4.57. The summed E-state index contributed by atoms with van der Waals surface area (Å²) in [5, 5.41) is 1.36. The van der Waals surface area contributed by atoms with Gasteiger partial charge < -0.3 is 9.47 Å². The third kappa shape index (κ3) is 4.13. The molecule has 0 saturated carbocycles. The molecule has 0 unspecified atom stereocenters. The van der Waals surface area contributed by atoms with Gasteiger partial charge in [0.1, 0.15) is 17.1 Å². The molecule has 30 heavy (non-hydrogen) atoms. The highest BCUT2D eigenvalue weighted by molar-refractivity contribution is 6.01. The van der Waals surface area contributed by atoms with Crippen LogP contribution in [-0.2, 0) is 6.42 Å². The fourth-order valence-electron chi connectivity index (χ4n) is 3.64. The minimum atomic E-state index is -0.656. The van der Waals surface area contributed by atoms with Gasteiger partial charge in [-0.25, -0.2) is 5.01 Å². The Labute approximate surface area is 178 Å². The summed E-state index contributed by atoms with van der Waals surface area (Å²) in [6.45, 7) is 11.6. The Morgan fingerprint density at radius 3 is 2.40 bits per heavy atom. The number of hydrazine groups is 1. The van der Waals surface area contributed by atoms with Gasteiger partial charge in [-0.15, -0.1) is 0 Å². The van der Waals surface area contributed by atoms with Crippen LogP contribution in [0.1, 0.15) is 66.5 Å². The number of benzene rings is 2. The summed E-state index contributed by atoms with van der Waals surface area (Å²) in [6, 6.07) is 10.6. The van der Waals surface area contributed by atoms with E-state index in [1.54, 1.807) is 30.3 Å². The highest BCUT2D eigenvalue weighted by Crippen LogP contribution is 2.39. The summed E-state index contributed by atoms with van der Waals surface area (Å²) in [7, 11) is 1.52. The van der Waals surface area contributed by atoms with Crippen molar-refractivity contribution in [3.63, 3.8) is 0 Å². The van der Waals surface area contributed by atoms with Crippen LogP contribution in [0.5, 0.6) is 11.5 Å². The number of para-hydroxylation sites is 1. The van der Waals surface area contributed by atoms with Crippen LogP contribution in [0.3, 0.4) is 0 Å². The molecule has 0 saturated heterocycles. The fraction of sp³-hybridized carbons (Fsp3) is 0.417. The van der Waals surface area contributed by atoms with E-state index in [-0.39, 0.29) is 17.4 Å². The number of carbonyl (C=O) groups excluding carboxylic acids is 2. The molecule has 0 aliphatic carbocycles. The fourth-order valence-corrected chi connectivity index (χ4v) is 3.64. The van der Waals surface area contributed by atoms with E-state index in [0.29, 0.717) is 23.3 Å². The molecule has 0 bridgehead atoms. The van der Waals surface area contributed by atoms with Gasteiger partial charge in [0.15, 0.2) is 0 Å². The minimum absolute atomic E-state index is 0.339. The molecule has 0 radical (unpaired) electrons. The first-order chi connectivity index (χ1) is 13.9. The quantitative estimate of drug-likeness (QED) is 0.766. The molecule has 1 aliphatic rings. The molecule has 0 atom stereocenters. The van der Waals surface area contributed by atoms with E-state index in [2.05, 4.69) is 5.43 Å². The molecule has 1 aliphatic heterocycles. The summed E-state index contributed by atoms with van der Waals surface area (Å²) in [5.74, 6) is 0.530. The van der Waals surface area contributed by atoms with Gasteiger partial charge in [0.05, 0.1) is 18.2 Å². The van der Waals surface area contributed by atoms with Crippen molar-refractivity contribution in [1.29, 1.82) is 0 Å². The van der Waals surface area contributed by atoms with Gasteiger partial charge in [0.25, 0.3) is 11.8 Å². The number of nitrogens with zero attached hydrogens (tertiary/aromatic N) is 1. The number of hydrogen-bond acceptors (Lipinski definition) is 4. The zero-order chi connectivity index (χ0) is 22.3. The first-order valence-corrected chi connectivity index (χ1v) is 10.0. The summed E-state index contributed by atoms with van der Waals surface area (Å²) in [4.78, 5) is 26.6. The molecule has 2 aromatic rings. The molecule has 6 nitrogen and oxygen atoms in total. The van der Waals surface area contributed by atoms with E-state index in [9.17, 15) is 9.59 Å². The lowest BCUT2D eigenvalue weighted by molar-refractivity contribution is 0.0355. The smallest absolute Gasteiger partial charge is 0.276 e. The molecule has 160 valence electrons.